The van der Waals surface area contributed by atoms with E-state index in [-0.39, 0.29) is 28.6 Å². The smallest absolute Gasteiger partial charge is 0.416 e. The van der Waals surface area contributed by atoms with Gasteiger partial charge in [-0.25, -0.2) is 13.2 Å². The lowest BCUT2D eigenvalue weighted by atomic mass is 10.1. The number of ether oxygens (including phenoxy) is 1. The van der Waals surface area contributed by atoms with Gasteiger partial charge in [-0.1, -0.05) is 12.1 Å². The van der Waals surface area contributed by atoms with Crippen LogP contribution >= 0.6 is 0 Å². The average molecular weight is 459 g/mol. The lowest BCUT2D eigenvalue weighted by Gasteiger charge is -2.26. The van der Waals surface area contributed by atoms with Crippen LogP contribution < -0.4 is 0 Å². The Hall–Kier alpha value is -2.82. The van der Waals surface area contributed by atoms with E-state index in [9.17, 15) is 31.2 Å². The third-order valence-corrected chi connectivity index (χ3v) is 6.77. The molecule has 2 heterocycles. The highest BCUT2D eigenvalue weighted by molar-refractivity contribution is 7.91. The van der Waals surface area contributed by atoms with Crippen molar-refractivity contribution in [3.8, 4) is 11.3 Å². The van der Waals surface area contributed by atoms with Crippen molar-refractivity contribution in [1.29, 1.82) is 0 Å². The van der Waals surface area contributed by atoms with Gasteiger partial charge in [0.2, 0.25) is 5.76 Å². The van der Waals surface area contributed by atoms with Gasteiger partial charge in [0.1, 0.15) is 5.76 Å². The molecule has 0 bridgehead atoms. The molecule has 0 radical (unpaired) electrons. The third kappa shape index (κ3) is 5.27. The molecule has 1 aromatic carbocycles. The van der Waals surface area contributed by atoms with Crippen molar-refractivity contribution in [2.45, 2.75) is 31.7 Å². The summed E-state index contributed by atoms with van der Waals surface area (Å²) in [6.07, 6.45) is -5.42. The van der Waals surface area contributed by atoms with Crippen LogP contribution in [0.1, 0.15) is 29.5 Å². The third-order valence-electron chi connectivity index (χ3n) is 5.02. The molecular weight excluding hydrogens is 439 g/mol. The predicted molar refractivity (Wildman–Crippen MR) is 104 cm³/mol. The summed E-state index contributed by atoms with van der Waals surface area (Å²) in [5.41, 5.74) is -0.734. The molecule has 2 aromatic rings. The van der Waals surface area contributed by atoms with E-state index < -0.39 is 45.6 Å². The van der Waals surface area contributed by atoms with Gasteiger partial charge in [-0.2, -0.15) is 13.2 Å². The molecule has 3 rings (SSSR count). The molecule has 1 aliphatic heterocycles. The lowest BCUT2D eigenvalue weighted by Crippen LogP contribution is -2.44. The van der Waals surface area contributed by atoms with Crippen LogP contribution in [0.15, 0.2) is 40.8 Å². The zero-order chi connectivity index (χ0) is 23.0. The second-order valence-electron chi connectivity index (χ2n) is 7.30. The molecule has 2 atom stereocenters. The Bertz CT molecular complexity index is 1090. The molecule has 1 aliphatic rings. The van der Waals surface area contributed by atoms with Gasteiger partial charge in [0.25, 0.3) is 5.91 Å². The Morgan fingerprint density at radius 3 is 2.55 bits per heavy atom. The van der Waals surface area contributed by atoms with E-state index in [1.165, 1.54) is 43.1 Å². The summed E-state index contributed by atoms with van der Waals surface area (Å²) >= 11 is 0. The number of carbonyl (C=O) groups is 2. The Balaban J connectivity index is 1.66. The van der Waals surface area contributed by atoms with E-state index >= 15 is 0 Å². The Labute approximate surface area is 176 Å². The zero-order valence-electron chi connectivity index (χ0n) is 16.7. The van der Waals surface area contributed by atoms with Crippen LogP contribution in [0, 0.1) is 0 Å². The molecule has 0 aliphatic carbocycles. The van der Waals surface area contributed by atoms with Crippen LogP contribution in [0.5, 0.6) is 0 Å². The van der Waals surface area contributed by atoms with E-state index in [0.29, 0.717) is 6.42 Å². The maximum Gasteiger partial charge on any atom is 0.416 e. The van der Waals surface area contributed by atoms with Crippen molar-refractivity contribution in [3.63, 3.8) is 0 Å². The molecule has 1 saturated heterocycles. The summed E-state index contributed by atoms with van der Waals surface area (Å²) < 4.78 is 72.3. The number of nitrogens with zero attached hydrogens (tertiary/aromatic N) is 1. The number of halogens is 3. The number of hydrogen-bond acceptors (Lipinski definition) is 6. The fraction of sp³-hybridized carbons (Fsp3) is 0.400. The van der Waals surface area contributed by atoms with Crippen LogP contribution in [-0.2, 0) is 25.5 Å². The maximum absolute atomic E-state index is 12.9. The molecule has 1 amide bonds. The number of esters is 1. The van der Waals surface area contributed by atoms with E-state index in [1.807, 2.05) is 0 Å². The molecule has 0 spiro atoms. The first-order chi connectivity index (χ1) is 14.4. The molecular formula is C20H20F3NO6S. The fourth-order valence-corrected chi connectivity index (χ4v) is 5.04. The first kappa shape index (κ1) is 22.9. The van der Waals surface area contributed by atoms with Crippen molar-refractivity contribution in [2.24, 2.45) is 0 Å². The number of furan rings is 1. The summed E-state index contributed by atoms with van der Waals surface area (Å²) in [7, 11) is -1.75. The van der Waals surface area contributed by atoms with Gasteiger partial charge >= 0.3 is 12.1 Å². The average Bonchev–Trinajstić information content (AvgIpc) is 3.33. The normalized spacial score (nSPS) is 19.1. The fourth-order valence-electron chi connectivity index (χ4n) is 3.27. The molecule has 31 heavy (non-hydrogen) atoms. The van der Waals surface area contributed by atoms with Crippen molar-refractivity contribution in [1.82, 2.24) is 4.90 Å². The topological polar surface area (TPSA) is 93.9 Å². The number of amides is 1. The van der Waals surface area contributed by atoms with Gasteiger partial charge in [-0.05, 0) is 37.6 Å². The number of rotatable bonds is 5. The molecule has 11 heteroatoms. The molecule has 1 fully saturated rings. The second kappa shape index (κ2) is 8.37. The van der Waals surface area contributed by atoms with E-state index in [2.05, 4.69) is 0 Å². The van der Waals surface area contributed by atoms with Crippen molar-refractivity contribution in [3.05, 3.63) is 47.7 Å². The largest absolute Gasteiger partial charge is 0.449 e. The minimum absolute atomic E-state index is 0.00579. The quantitative estimate of drug-likeness (QED) is 0.638. The molecule has 2 unspecified atom stereocenters. The Kier molecular flexibility index (Phi) is 6.17. The predicted octanol–water partition coefficient (Wildman–Crippen LogP) is 3.16. The second-order valence-corrected chi connectivity index (χ2v) is 9.52. The Morgan fingerprint density at radius 2 is 1.94 bits per heavy atom. The number of hydrogen-bond donors (Lipinski definition) is 0. The number of likely N-dealkylation sites (N-methyl/N-ethyl adjacent to an activating group) is 1. The monoisotopic (exact) mass is 459 g/mol. The number of sulfone groups is 1. The van der Waals surface area contributed by atoms with Gasteiger partial charge in [-0.3, -0.25) is 4.79 Å². The van der Waals surface area contributed by atoms with Gasteiger partial charge in [-0.15, -0.1) is 0 Å². The summed E-state index contributed by atoms with van der Waals surface area (Å²) in [5, 5.41) is 0. The highest BCUT2D eigenvalue weighted by Gasteiger charge is 2.35. The highest BCUT2D eigenvalue weighted by atomic mass is 32.2. The van der Waals surface area contributed by atoms with Crippen LogP contribution in [0.3, 0.4) is 0 Å². The van der Waals surface area contributed by atoms with E-state index in [4.69, 9.17) is 9.15 Å². The van der Waals surface area contributed by atoms with Crippen molar-refractivity contribution in [2.75, 3.05) is 18.6 Å². The SMILES string of the molecule is CC(OC(=O)c1ccc(-c2cccc(C(F)(F)F)c2)o1)C(=O)N(C)C1CCS(=O)(=O)C1. The number of carbonyl (C=O) groups excluding carboxylic acids is 2. The van der Waals surface area contributed by atoms with Gasteiger partial charge in [0.15, 0.2) is 15.9 Å². The maximum atomic E-state index is 12.9. The molecule has 1 aromatic heterocycles. The summed E-state index contributed by atoms with van der Waals surface area (Å²) in [6, 6.07) is 6.51. The van der Waals surface area contributed by atoms with Crippen LogP contribution in [-0.4, -0.2) is 55.9 Å². The number of benzene rings is 1. The van der Waals surface area contributed by atoms with Gasteiger partial charge in [0, 0.05) is 18.7 Å². The first-order valence-electron chi connectivity index (χ1n) is 9.33. The highest BCUT2D eigenvalue weighted by Crippen LogP contribution is 2.32. The van der Waals surface area contributed by atoms with Crippen molar-refractivity contribution >= 4 is 21.7 Å². The van der Waals surface area contributed by atoms with Crippen molar-refractivity contribution < 1.29 is 40.3 Å². The van der Waals surface area contributed by atoms with Crippen LogP contribution in [0.4, 0.5) is 13.2 Å². The van der Waals surface area contributed by atoms with Gasteiger partial charge < -0.3 is 14.1 Å². The molecule has 0 N–H and O–H groups in total. The minimum Gasteiger partial charge on any atom is -0.449 e. The first-order valence-corrected chi connectivity index (χ1v) is 11.1. The van der Waals surface area contributed by atoms with Gasteiger partial charge in [0.05, 0.1) is 17.1 Å². The van der Waals surface area contributed by atoms with E-state index in [1.54, 1.807) is 0 Å². The molecule has 168 valence electrons. The van der Waals surface area contributed by atoms with E-state index in [0.717, 1.165) is 12.1 Å². The molecule has 0 saturated carbocycles. The Morgan fingerprint density at radius 1 is 1.23 bits per heavy atom. The zero-order valence-corrected chi connectivity index (χ0v) is 17.5. The number of alkyl halides is 3. The summed E-state index contributed by atoms with van der Waals surface area (Å²) in [6.45, 7) is 1.34. The summed E-state index contributed by atoms with van der Waals surface area (Å²) in [4.78, 5) is 26.0. The molecule has 7 nitrogen and oxygen atoms in total. The lowest BCUT2D eigenvalue weighted by molar-refractivity contribution is -0.140. The van der Waals surface area contributed by atoms with Crippen LogP contribution in [0.25, 0.3) is 11.3 Å². The minimum atomic E-state index is -4.52. The van der Waals surface area contributed by atoms with Crippen LogP contribution in [0.2, 0.25) is 0 Å². The summed E-state index contributed by atoms with van der Waals surface area (Å²) in [5.74, 6) is -1.93. The standard InChI is InChI=1S/C20H20F3NO6S/c1-12(18(25)24(2)15-8-9-31(27,28)11-15)29-19(26)17-7-6-16(30-17)13-4-3-5-14(10-13)20(21,22)23/h3-7,10,12,15H,8-9,11H2,1-2H3.